The molecule has 23 heteroatoms. The van der Waals surface area contributed by atoms with E-state index in [-0.39, 0.29) is 23.4 Å². The first kappa shape index (κ1) is 31.3. The fourth-order valence-corrected chi connectivity index (χ4v) is 5.76. The fourth-order valence-electron chi connectivity index (χ4n) is 3.47. The molecule has 0 spiro atoms. The first-order valence-corrected chi connectivity index (χ1v) is 13.6. The van der Waals surface area contributed by atoms with Crippen LogP contribution in [0.3, 0.4) is 0 Å². The zero-order chi connectivity index (χ0) is 29.3. The summed E-state index contributed by atoms with van der Waals surface area (Å²) in [6.45, 7) is -2.36. The van der Waals surface area contributed by atoms with Crippen molar-refractivity contribution in [3.05, 3.63) is 16.7 Å². The van der Waals surface area contributed by atoms with Crippen LogP contribution in [-0.4, -0.2) is 122 Å². The number of rotatable bonds is 13. The van der Waals surface area contributed by atoms with Gasteiger partial charge in [0.2, 0.25) is 5.95 Å². The van der Waals surface area contributed by atoms with E-state index in [1.165, 1.54) is 0 Å². The number of anilines is 1. The molecule has 3 rings (SSSR count). The van der Waals surface area contributed by atoms with Crippen LogP contribution in [0.2, 0.25) is 0 Å². The Morgan fingerprint density at radius 2 is 1.87 bits per heavy atom. The van der Waals surface area contributed by atoms with E-state index in [1.807, 2.05) is 0 Å². The molecule has 21 nitrogen and oxygen atoms in total. The summed E-state index contributed by atoms with van der Waals surface area (Å²) < 4.78 is 44.5. The number of aromatic amines is 1. The van der Waals surface area contributed by atoms with E-state index in [1.54, 1.807) is 0 Å². The minimum atomic E-state index is -5.67. The molecule has 2 aromatic rings. The molecule has 1 saturated heterocycles. The Kier molecular flexibility index (Phi) is 9.74. The van der Waals surface area contributed by atoms with E-state index in [2.05, 4.69) is 19.3 Å². The first-order valence-electron chi connectivity index (χ1n) is 10.6. The zero-order valence-corrected chi connectivity index (χ0v) is 21.1. The van der Waals surface area contributed by atoms with E-state index >= 15 is 0 Å². The Labute approximate surface area is 216 Å². The number of carbonyl (C=O) groups is 1. The highest BCUT2D eigenvalue weighted by atomic mass is 31.3. The SMILES string of the molecule is Nc1nc2c(ncn2[C@@H]2O[C@H](COP(=O)(O[C@H](CO)[C@@H](O)[C@H](O)[C@@H](O)C=O)OP(=O)(O)O)[C@@H](O)[C@H]2O)c(=O)[nH]1. The molecule has 0 aliphatic carbocycles. The minimum Gasteiger partial charge on any atom is -0.394 e. The van der Waals surface area contributed by atoms with Crippen molar-refractivity contribution in [2.45, 2.75) is 49.0 Å². The van der Waals surface area contributed by atoms with Gasteiger partial charge in [-0.3, -0.25) is 23.4 Å². The summed E-state index contributed by atoms with van der Waals surface area (Å²) >= 11 is 0. The van der Waals surface area contributed by atoms with E-state index < -0.39 is 83.4 Å². The molecule has 0 saturated carbocycles. The summed E-state index contributed by atoms with van der Waals surface area (Å²) in [5.74, 6) is -0.304. The number of nitrogen functional groups attached to an aromatic ring is 1. The number of nitrogens with one attached hydrogen (secondary N) is 1. The number of fused-ring (bicyclic) bond motifs is 1. The van der Waals surface area contributed by atoms with E-state index in [0.717, 1.165) is 10.9 Å². The number of carbonyl (C=O) groups excluding carboxylic acids is 1. The van der Waals surface area contributed by atoms with Gasteiger partial charge in [-0.1, -0.05) is 0 Å². The predicted molar refractivity (Wildman–Crippen MR) is 121 cm³/mol. The number of phosphoric acid groups is 2. The molecular formula is C16H25N5O16P2. The maximum Gasteiger partial charge on any atom is 0.484 e. The van der Waals surface area contributed by atoms with E-state index in [4.69, 9.17) is 29.3 Å². The molecule has 0 bridgehead atoms. The quantitative estimate of drug-likeness (QED) is 0.0756. The van der Waals surface area contributed by atoms with Crippen molar-refractivity contribution >= 4 is 39.0 Å². The molecule has 220 valence electrons. The molecule has 9 atom stereocenters. The minimum absolute atomic E-state index is 0.149. The van der Waals surface area contributed by atoms with Gasteiger partial charge in [-0.15, -0.1) is 0 Å². The van der Waals surface area contributed by atoms with Gasteiger partial charge in [-0.2, -0.15) is 9.29 Å². The Bertz CT molecular complexity index is 1320. The van der Waals surface area contributed by atoms with Gasteiger partial charge in [0, 0.05) is 0 Å². The Morgan fingerprint density at radius 3 is 2.46 bits per heavy atom. The number of aliphatic hydroxyl groups is 6. The fraction of sp³-hybridized carbons (Fsp3) is 0.625. The largest absolute Gasteiger partial charge is 0.484 e. The van der Waals surface area contributed by atoms with Crippen LogP contribution in [-0.2, 0) is 32.0 Å². The van der Waals surface area contributed by atoms with Gasteiger partial charge in [0.05, 0.1) is 19.5 Å². The van der Waals surface area contributed by atoms with Gasteiger partial charge in [-0.05, 0) is 0 Å². The van der Waals surface area contributed by atoms with Gasteiger partial charge in [0.1, 0.15) is 42.7 Å². The number of H-pyrrole nitrogens is 1. The summed E-state index contributed by atoms with van der Waals surface area (Å²) in [6, 6.07) is 0. The Morgan fingerprint density at radius 1 is 1.21 bits per heavy atom. The molecule has 1 aliphatic rings. The number of phosphoric ester groups is 1. The van der Waals surface area contributed by atoms with Crippen molar-refractivity contribution < 1.29 is 72.4 Å². The topological polar surface area (TPSA) is 340 Å². The molecule has 3 heterocycles. The summed E-state index contributed by atoms with van der Waals surface area (Å²) in [7, 11) is -11.2. The second-order valence-electron chi connectivity index (χ2n) is 8.07. The third kappa shape index (κ3) is 7.12. The van der Waals surface area contributed by atoms with Crippen molar-refractivity contribution in [3.8, 4) is 0 Å². The molecule has 2 aromatic heterocycles. The third-order valence-electron chi connectivity index (χ3n) is 5.33. The lowest BCUT2D eigenvalue weighted by Gasteiger charge is -2.29. The van der Waals surface area contributed by atoms with Crippen LogP contribution in [0.15, 0.2) is 11.1 Å². The van der Waals surface area contributed by atoms with Gasteiger partial charge < -0.3 is 55.7 Å². The third-order valence-corrected chi connectivity index (χ3v) is 7.98. The van der Waals surface area contributed by atoms with Crippen LogP contribution in [0.25, 0.3) is 11.2 Å². The smallest absolute Gasteiger partial charge is 0.394 e. The van der Waals surface area contributed by atoms with Crippen molar-refractivity contribution in [2.75, 3.05) is 18.9 Å². The monoisotopic (exact) mass is 605 g/mol. The normalized spacial score (nSPS) is 26.7. The molecule has 0 radical (unpaired) electrons. The Hall–Kier alpha value is -2.20. The lowest BCUT2D eigenvalue weighted by Crippen LogP contribution is -2.47. The molecule has 0 amide bonds. The Balaban J connectivity index is 1.81. The number of imidazole rings is 1. The lowest BCUT2D eigenvalue weighted by atomic mass is 10.0. The summed E-state index contributed by atoms with van der Waals surface area (Å²) in [4.78, 5) is 50.8. The first-order chi connectivity index (χ1) is 18.1. The highest BCUT2D eigenvalue weighted by molar-refractivity contribution is 7.61. The maximum atomic E-state index is 13.0. The van der Waals surface area contributed by atoms with Crippen molar-refractivity contribution in [3.63, 3.8) is 0 Å². The van der Waals surface area contributed by atoms with E-state index in [9.17, 15) is 49.4 Å². The number of nitrogens with zero attached hydrogens (tertiary/aromatic N) is 3. The second-order valence-corrected chi connectivity index (χ2v) is 11.1. The van der Waals surface area contributed by atoms with Crippen LogP contribution >= 0.6 is 15.6 Å². The van der Waals surface area contributed by atoms with Crippen LogP contribution in [0.1, 0.15) is 6.23 Å². The number of hydrogen-bond acceptors (Lipinski definition) is 17. The average molecular weight is 605 g/mol. The molecule has 1 fully saturated rings. The number of ether oxygens (including phenoxy) is 1. The van der Waals surface area contributed by atoms with Crippen LogP contribution < -0.4 is 11.3 Å². The lowest BCUT2D eigenvalue weighted by molar-refractivity contribution is -0.135. The number of aromatic nitrogens is 4. The van der Waals surface area contributed by atoms with Crippen LogP contribution in [0.4, 0.5) is 5.95 Å². The summed E-state index contributed by atoms with van der Waals surface area (Å²) in [6.07, 6.45) is -14.9. The van der Waals surface area contributed by atoms with Gasteiger partial charge >= 0.3 is 15.6 Å². The number of aldehydes is 1. The van der Waals surface area contributed by atoms with Crippen LogP contribution in [0.5, 0.6) is 0 Å². The number of nitrogens with two attached hydrogens (primary N) is 1. The zero-order valence-electron chi connectivity index (χ0n) is 19.3. The average Bonchev–Trinajstić information content (AvgIpc) is 3.39. The number of aliphatic hydroxyl groups excluding tert-OH is 6. The maximum absolute atomic E-state index is 13.0. The van der Waals surface area contributed by atoms with E-state index in [0.29, 0.717) is 0 Å². The van der Waals surface area contributed by atoms with Crippen LogP contribution in [0, 0.1) is 0 Å². The molecule has 1 aliphatic heterocycles. The van der Waals surface area contributed by atoms with Crippen molar-refractivity contribution in [2.24, 2.45) is 0 Å². The summed E-state index contributed by atoms with van der Waals surface area (Å²) in [5, 5.41) is 59.5. The molecule has 11 N–H and O–H groups in total. The number of hydrogen-bond donors (Lipinski definition) is 10. The van der Waals surface area contributed by atoms with Gasteiger partial charge in [0.15, 0.2) is 23.7 Å². The second kappa shape index (κ2) is 12.1. The highest BCUT2D eigenvalue weighted by Gasteiger charge is 2.48. The molecule has 39 heavy (non-hydrogen) atoms. The van der Waals surface area contributed by atoms with Gasteiger partial charge in [0.25, 0.3) is 5.56 Å². The molecular weight excluding hydrogens is 580 g/mol. The van der Waals surface area contributed by atoms with Crippen molar-refractivity contribution in [1.82, 2.24) is 19.5 Å². The molecule has 1 unspecified atom stereocenters. The summed E-state index contributed by atoms with van der Waals surface area (Å²) in [5.41, 5.74) is 4.45. The van der Waals surface area contributed by atoms with Crippen molar-refractivity contribution in [1.29, 1.82) is 0 Å². The predicted octanol–water partition coefficient (Wildman–Crippen LogP) is -4.79. The molecule has 0 aromatic carbocycles. The standard InChI is InChI=1S/C16H25N5O16P2/c17-16-19-13-8(14(29)20-16)18-4-21(13)15-12(28)11(27)7(35-15)3-34-39(33,37-38(30,31)32)36-6(2-23)10(26)9(25)5(24)1-22/h1,4-7,9-12,15,23-28H,2-3H2,(H2,30,31,32)(H3,17,19,20,29)/t5-,6+,7+,9+,10+,11+,12+,15+,39?/m0/s1. The van der Waals surface area contributed by atoms with Gasteiger partial charge in [-0.25, -0.2) is 14.1 Å². The highest BCUT2D eigenvalue weighted by Crippen LogP contribution is 2.62.